The number of halogens is 2. The van der Waals surface area contributed by atoms with Gasteiger partial charge in [-0.25, -0.2) is 8.78 Å². The molecule has 3 rings (SSSR count). The molecule has 7 nitrogen and oxygen atoms in total. The van der Waals surface area contributed by atoms with Crippen LogP contribution in [0, 0.1) is 27.7 Å². The van der Waals surface area contributed by atoms with Gasteiger partial charge in [-0.3, -0.25) is 19.7 Å². The number of hydrogen-bond acceptors (Lipinski definition) is 4. The number of benzene rings is 2. The van der Waals surface area contributed by atoms with Crippen LogP contribution in [0.5, 0.6) is 0 Å². The molecule has 2 amide bonds. The van der Waals surface area contributed by atoms with Gasteiger partial charge in [-0.1, -0.05) is 0 Å². The molecule has 2 aromatic rings. The zero-order chi connectivity index (χ0) is 18.8. The summed E-state index contributed by atoms with van der Waals surface area (Å²) in [5.74, 6) is -2.98. The average molecular weight is 361 g/mol. The number of nitro groups is 1. The van der Waals surface area contributed by atoms with Crippen molar-refractivity contribution >= 4 is 28.9 Å². The summed E-state index contributed by atoms with van der Waals surface area (Å²) < 4.78 is 26.9. The Morgan fingerprint density at radius 3 is 2.50 bits per heavy atom. The standard InChI is InChI=1S/C17H13F2N3O4/c18-11-1-3-12(4-2-11)21-9-10(7-16(21)23)17(24)20-15-6-5-13(22(25)26)8-14(15)19/h1-6,8,10H,7,9H2,(H,20,24). The van der Waals surface area contributed by atoms with Crippen LogP contribution in [0.1, 0.15) is 6.42 Å². The van der Waals surface area contributed by atoms with Gasteiger partial charge in [0.05, 0.1) is 22.6 Å². The second-order valence-electron chi connectivity index (χ2n) is 5.79. The summed E-state index contributed by atoms with van der Waals surface area (Å²) in [6.07, 6.45) is -0.0716. The maximum atomic E-state index is 13.9. The van der Waals surface area contributed by atoms with E-state index in [-0.39, 0.29) is 24.6 Å². The lowest BCUT2D eigenvalue weighted by atomic mass is 10.1. The molecule has 1 heterocycles. The number of carbonyl (C=O) groups excluding carboxylic acids is 2. The van der Waals surface area contributed by atoms with Crippen molar-refractivity contribution in [3.8, 4) is 0 Å². The predicted octanol–water partition coefficient (Wildman–Crippen LogP) is 2.86. The van der Waals surface area contributed by atoms with Crippen molar-refractivity contribution in [1.82, 2.24) is 0 Å². The molecule has 1 atom stereocenters. The molecule has 0 spiro atoms. The minimum atomic E-state index is -0.938. The average Bonchev–Trinajstić information content (AvgIpc) is 2.99. The molecule has 26 heavy (non-hydrogen) atoms. The first-order valence-corrected chi connectivity index (χ1v) is 7.66. The third-order valence-corrected chi connectivity index (χ3v) is 4.06. The summed E-state index contributed by atoms with van der Waals surface area (Å²) in [5.41, 5.74) is -0.166. The van der Waals surface area contributed by atoms with E-state index in [1.807, 2.05) is 0 Å². The Morgan fingerprint density at radius 1 is 1.19 bits per heavy atom. The first-order valence-electron chi connectivity index (χ1n) is 7.66. The monoisotopic (exact) mass is 361 g/mol. The van der Waals surface area contributed by atoms with Crippen LogP contribution in [0.2, 0.25) is 0 Å². The number of rotatable bonds is 4. The van der Waals surface area contributed by atoms with Gasteiger partial charge in [-0.2, -0.15) is 0 Å². The number of non-ortho nitro benzene ring substituents is 1. The van der Waals surface area contributed by atoms with E-state index in [1.54, 1.807) is 0 Å². The number of hydrogen-bond donors (Lipinski definition) is 1. The lowest BCUT2D eigenvalue weighted by Gasteiger charge is -2.16. The van der Waals surface area contributed by atoms with Crippen LogP contribution >= 0.6 is 0 Å². The summed E-state index contributed by atoms with van der Waals surface area (Å²) >= 11 is 0. The smallest absolute Gasteiger partial charge is 0.272 e. The van der Waals surface area contributed by atoms with Gasteiger partial charge in [-0.05, 0) is 30.3 Å². The molecule has 0 radical (unpaired) electrons. The Morgan fingerprint density at radius 2 is 1.88 bits per heavy atom. The van der Waals surface area contributed by atoms with Crippen LogP contribution in [-0.2, 0) is 9.59 Å². The Labute approximate surface area is 146 Å². The number of anilines is 2. The van der Waals surface area contributed by atoms with E-state index in [1.165, 1.54) is 29.2 Å². The lowest BCUT2D eigenvalue weighted by Crippen LogP contribution is -2.28. The first kappa shape index (κ1) is 17.5. The van der Waals surface area contributed by atoms with Gasteiger partial charge in [0.2, 0.25) is 11.8 Å². The Bertz CT molecular complexity index is 886. The Balaban J connectivity index is 1.70. The molecule has 1 unspecified atom stereocenters. The molecule has 9 heteroatoms. The number of nitrogens with zero attached hydrogens (tertiary/aromatic N) is 2. The summed E-state index contributed by atoms with van der Waals surface area (Å²) in [6, 6.07) is 8.17. The van der Waals surface area contributed by atoms with Gasteiger partial charge in [0.25, 0.3) is 5.69 Å². The Hall–Kier alpha value is -3.36. The fourth-order valence-corrected chi connectivity index (χ4v) is 2.71. The van der Waals surface area contributed by atoms with Crippen molar-refractivity contribution < 1.29 is 23.3 Å². The topological polar surface area (TPSA) is 92.5 Å². The maximum Gasteiger partial charge on any atom is 0.272 e. The van der Waals surface area contributed by atoms with E-state index in [9.17, 15) is 28.5 Å². The van der Waals surface area contributed by atoms with Crippen LogP contribution in [0.25, 0.3) is 0 Å². The highest BCUT2D eigenvalue weighted by Crippen LogP contribution is 2.27. The molecule has 0 bridgehead atoms. The Kier molecular flexibility index (Phi) is 4.61. The second kappa shape index (κ2) is 6.87. The van der Waals surface area contributed by atoms with Gasteiger partial charge in [0, 0.05) is 24.7 Å². The van der Waals surface area contributed by atoms with Crippen molar-refractivity contribution in [2.75, 3.05) is 16.8 Å². The highest BCUT2D eigenvalue weighted by Gasteiger charge is 2.35. The molecular weight excluding hydrogens is 348 g/mol. The SMILES string of the molecule is O=C(Nc1ccc([N+](=O)[O-])cc1F)C1CC(=O)N(c2ccc(F)cc2)C1. The van der Waals surface area contributed by atoms with E-state index in [2.05, 4.69) is 5.32 Å². The zero-order valence-electron chi connectivity index (χ0n) is 13.3. The van der Waals surface area contributed by atoms with Gasteiger partial charge in [0.15, 0.2) is 5.82 Å². The van der Waals surface area contributed by atoms with Crippen molar-refractivity contribution in [3.05, 3.63) is 64.2 Å². The lowest BCUT2D eigenvalue weighted by molar-refractivity contribution is -0.385. The molecule has 134 valence electrons. The molecular formula is C17H13F2N3O4. The highest BCUT2D eigenvalue weighted by atomic mass is 19.1. The van der Waals surface area contributed by atoms with E-state index >= 15 is 0 Å². The number of nitrogens with one attached hydrogen (secondary N) is 1. The van der Waals surface area contributed by atoms with Gasteiger partial charge >= 0.3 is 0 Å². The summed E-state index contributed by atoms with van der Waals surface area (Å²) in [4.78, 5) is 35.6. The highest BCUT2D eigenvalue weighted by molar-refractivity contribution is 6.03. The van der Waals surface area contributed by atoms with E-state index in [0.29, 0.717) is 11.8 Å². The molecule has 0 aliphatic carbocycles. The molecule has 1 saturated heterocycles. The summed E-state index contributed by atoms with van der Waals surface area (Å²) in [6.45, 7) is 0.0743. The first-order chi connectivity index (χ1) is 12.3. The van der Waals surface area contributed by atoms with Crippen molar-refractivity contribution in [2.24, 2.45) is 5.92 Å². The predicted molar refractivity (Wildman–Crippen MR) is 88.5 cm³/mol. The number of nitro benzene ring substituents is 1. The van der Waals surface area contributed by atoms with Crippen LogP contribution < -0.4 is 10.2 Å². The van der Waals surface area contributed by atoms with Gasteiger partial charge < -0.3 is 10.2 Å². The van der Waals surface area contributed by atoms with Crippen molar-refractivity contribution in [2.45, 2.75) is 6.42 Å². The number of carbonyl (C=O) groups is 2. The molecule has 0 aromatic heterocycles. The fourth-order valence-electron chi connectivity index (χ4n) is 2.71. The van der Waals surface area contributed by atoms with Crippen LogP contribution in [0.15, 0.2) is 42.5 Å². The van der Waals surface area contributed by atoms with E-state index in [0.717, 1.165) is 12.1 Å². The van der Waals surface area contributed by atoms with E-state index in [4.69, 9.17) is 0 Å². The zero-order valence-corrected chi connectivity index (χ0v) is 13.3. The van der Waals surface area contributed by atoms with Crippen molar-refractivity contribution in [1.29, 1.82) is 0 Å². The second-order valence-corrected chi connectivity index (χ2v) is 5.79. The third kappa shape index (κ3) is 3.51. The largest absolute Gasteiger partial charge is 0.323 e. The molecule has 1 aliphatic rings. The normalized spacial score (nSPS) is 16.6. The number of amides is 2. The van der Waals surface area contributed by atoms with Crippen LogP contribution in [0.3, 0.4) is 0 Å². The minimum Gasteiger partial charge on any atom is -0.323 e. The van der Waals surface area contributed by atoms with Crippen LogP contribution in [-0.4, -0.2) is 23.3 Å². The summed E-state index contributed by atoms with van der Waals surface area (Å²) in [7, 11) is 0. The quantitative estimate of drug-likeness (QED) is 0.669. The van der Waals surface area contributed by atoms with Crippen molar-refractivity contribution in [3.63, 3.8) is 0 Å². The van der Waals surface area contributed by atoms with E-state index < -0.39 is 34.1 Å². The minimum absolute atomic E-state index is 0.0716. The maximum absolute atomic E-state index is 13.9. The van der Waals surface area contributed by atoms with Gasteiger partial charge in [-0.15, -0.1) is 0 Å². The summed E-state index contributed by atoms with van der Waals surface area (Å²) in [5, 5.41) is 13.0. The third-order valence-electron chi connectivity index (χ3n) is 4.06. The molecule has 1 aliphatic heterocycles. The molecule has 1 N–H and O–H groups in total. The molecule has 2 aromatic carbocycles. The van der Waals surface area contributed by atoms with Gasteiger partial charge in [0.1, 0.15) is 5.82 Å². The molecule has 1 fully saturated rings. The fraction of sp³-hybridized carbons (Fsp3) is 0.176. The molecule has 0 saturated carbocycles. The van der Waals surface area contributed by atoms with Crippen LogP contribution in [0.4, 0.5) is 25.8 Å².